The van der Waals surface area contributed by atoms with E-state index >= 15 is 0 Å². The first-order valence-corrected chi connectivity index (χ1v) is 7.20. The molecule has 0 saturated carbocycles. The molecule has 0 aliphatic heterocycles. The molecule has 120 valence electrons. The number of likely N-dealkylation sites (N-methyl/N-ethyl adjacent to an activating group) is 1. The van der Waals surface area contributed by atoms with E-state index in [-0.39, 0.29) is 23.8 Å². The fraction of sp³-hybridized carbons (Fsp3) is 0.235. The first-order valence-electron chi connectivity index (χ1n) is 7.20. The van der Waals surface area contributed by atoms with E-state index in [4.69, 9.17) is 0 Å². The number of nitro groups is 1. The maximum Gasteiger partial charge on any atom is 0.292 e. The van der Waals surface area contributed by atoms with Gasteiger partial charge in [-0.15, -0.1) is 0 Å². The van der Waals surface area contributed by atoms with Crippen LogP contribution >= 0.6 is 0 Å². The zero-order valence-electron chi connectivity index (χ0n) is 13.4. The highest BCUT2D eigenvalue weighted by atomic mass is 16.6. The molecule has 23 heavy (non-hydrogen) atoms. The molecule has 1 amide bonds. The number of rotatable bonds is 5. The second-order valence-electron chi connectivity index (χ2n) is 5.40. The summed E-state index contributed by atoms with van der Waals surface area (Å²) in [5, 5.41) is 13.6. The van der Waals surface area contributed by atoms with Gasteiger partial charge in [0.1, 0.15) is 5.69 Å². The second-order valence-corrected chi connectivity index (χ2v) is 5.40. The molecule has 0 aromatic heterocycles. The third-order valence-electron chi connectivity index (χ3n) is 3.74. The van der Waals surface area contributed by atoms with Gasteiger partial charge in [0.05, 0.1) is 11.5 Å². The molecule has 0 aliphatic rings. The number of para-hydroxylation sites is 2. The number of benzene rings is 2. The van der Waals surface area contributed by atoms with Crippen LogP contribution in [0.4, 0.5) is 17.1 Å². The number of nitro benzene ring substituents is 1. The van der Waals surface area contributed by atoms with Crippen LogP contribution < -0.4 is 10.2 Å². The van der Waals surface area contributed by atoms with Gasteiger partial charge in [-0.3, -0.25) is 14.9 Å². The number of aryl methyl sites for hydroxylation is 1. The second kappa shape index (κ2) is 6.91. The Morgan fingerprint density at radius 2 is 1.87 bits per heavy atom. The van der Waals surface area contributed by atoms with Crippen molar-refractivity contribution in [3.63, 3.8) is 0 Å². The van der Waals surface area contributed by atoms with Crippen molar-refractivity contribution in [3.05, 3.63) is 63.7 Å². The van der Waals surface area contributed by atoms with Crippen molar-refractivity contribution < 1.29 is 9.72 Å². The van der Waals surface area contributed by atoms with Gasteiger partial charge in [-0.1, -0.05) is 24.3 Å². The van der Waals surface area contributed by atoms with Crippen LogP contribution in [0.15, 0.2) is 42.5 Å². The smallest absolute Gasteiger partial charge is 0.292 e. The number of hydrogen-bond donors (Lipinski definition) is 1. The van der Waals surface area contributed by atoms with E-state index in [1.165, 1.54) is 12.1 Å². The van der Waals surface area contributed by atoms with Crippen molar-refractivity contribution >= 4 is 23.0 Å². The van der Waals surface area contributed by atoms with Crippen molar-refractivity contribution in [2.75, 3.05) is 23.8 Å². The average molecular weight is 313 g/mol. The maximum absolute atomic E-state index is 12.2. The van der Waals surface area contributed by atoms with E-state index in [0.717, 1.165) is 16.8 Å². The highest BCUT2D eigenvalue weighted by Crippen LogP contribution is 2.24. The summed E-state index contributed by atoms with van der Waals surface area (Å²) >= 11 is 0. The van der Waals surface area contributed by atoms with Gasteiger partial charge >= 0.3 is 0 Å². The first-order chi connectivity index (χ1) is 10.9. The van der Waals surface area contributed by atoms with Gasteiger partial charge in [0.15, 0.2) is 0 Å². The first kappa shape index (κ1) is 16.5. The minimum Gasteiger partial charge on any atom is -0.365 e. The SMILES string of the molecule is Cc1cccc(N(C)CC(=O)Nc2ccccc2[N+](=O)[O-])c1C. The van der Waals surface area contributed by atoms with Gasteiger partial charge in [0.2, 0.25) is 5.91 Å². The summed E-state index contributed by atoms with van der Waals surface area (Å²) in [4.78, 5) is 24.5. The lowest BCUT2D eigenvalue weighted by Gasteiger charge is -2.21. The highest BCUT2D eigenvalue weighted by molar-refractivity contribution is 5.96. The van der Waals surface area contributed by atoms with Gasteiger partial charge in [0, 0.05) is 18.8 Å². The molecule has 0 atom stereocenters. The standard InChI is InChI=1S/C17H19N3O3/c1-12-7-6-10-15(13(12)2)19(3)11-17(21)18-14-8-4-5-9-16(14)20(22)23/h4-10H,11H2,1-3H3,(H,18,21). The molecule has 1 N–H and O–H groups in total. The fourth-order valence-electron chi connectivity index (χ4n) is 2.38. The molecule has 0 saturated heterocycles. The molecule has 6 heteroatoms. The lowest BCUT2D eigenvalue weighted by molar-refractivity contribution is -0.383. The largest absolute Gasteiger partial charge is 0.365 e. The van der Waals surface area contributed by atoms with E-state index < -0.39 is 4.92 Å². The van der Waals surface area contributed by atoms with Gasteiger partial charge in [-0.05, 0) is 37.1 Å². The molecule has 0 heterocycles. The van der Waals surface area contributed by atoms with Crippen molar-refractivity contribution in [2.45, 2.75) is 13.8 Å². The lowest BCUT2D eigenvalue weighted by Crippen LogP contribution is -2.30. The summed E-state index contributed by atoms with van der Waals surface area (Å²) in [6.07, 6.45) is 0. The topological polar surface area (TPSA) is 75.5 Å². The molecule has 0 bridgehead atoms. The average Bonchev–Trinajstić information content (AvgIpc) is 2.50. The summed E-state index contributed by atoms with van der Waals surface area (Å²) in [5.74, 6) is -0.303. The summed E-state index contributed by atoms with van der Waals surface area (Å²) in [6.45, 7) is 4.12. The number of nitrogens with zero attached hydrogens (tertiary/aromatic N) is 2. The Bertz CT molecular complexity index is 744. The van der Waals surface area contributed by atoms with Crippen LogP contribution in [-0.2, 0) is 4.79 Å². The Morgan fingerprint density at radius 3 is 2.57 bits per heavy atom. The third-order valence-corrected chi connectivity index (χ3v) is 3.74. The molecule has 0 radical (unpaired) electrons. The molecular formula is C17H19N3O3. The number of amides is 1. The molecular weight excluding hydrogens is 294 g/mol. The summed E-state index contributed by atoms with van der Waals surface area (Å²) in [7, 11) is 1.82. The van der Waals surface area contributed by atoms with Crippen molar-refractivity contribution in [1.82, 2.24) is 0 Å². The molecule has 0 unspecified atom stereocenters. The minimum absolute atomic E-state index is 0.107. The maximum atomic E-state index is 12.2. The molecule has 0 fully saturated rings. The van der Waals surface area contributed by atoms with Crippen molar-refractivity contribution in [2.24, 2.45) is 0 Å². The summed E-state index contributed by atoms with van der Waals surface area (Å²) in [6, 6.07) is 12.0. The summed E-state index contributed by atoms with van der Waals surface area (Å²) < 4.78 is 0. The predicted octanol–water partition coefficient (Wildman–Crippen LogP) is 3.29. The third kappa shape index (κ3) is 3.85. The molecule has 0 aliphatic carbocycles. The lowest BCUT2D eigenvalue weighted by atomic mass is 10.1. The van der Waals surface area contributed by atoms with Crippen LogP contribution in [-0.4, -0.2) is 24.4 Å². The molecule has 2 rings (SSSR count). The van der Waals surface area contributed by atoms with Crippen LogP contribution in [0, 0.1) is 24.0 Å². The van der Waals surface area contributed by atoms with E-state index in [9.17, 15) is 14.9 Å². The van der Waals surface area contributed by atoms with Crippen LogP contribution in [0.5, 0.6) is 0 Å². The number of carbonyl (C=O) groups excluding carboxylic acids is 1. The normalized spacial score (nSPS) is 10.2. The number of carbonyl (C=O) groups is 1. The Labute approximate surface area is 134 Å². The summed E-state index contributed by atoms with van der Waals surface area (Å²) in [5.41, 5.74) is 3.30. The van der Waals surface area contributed by atoms with Gasteiger partial charge in [-0.2, -0.15) is 0 Å². The molecule has 2 aromatic carbocycles. The molecule has 6 nitrogen and oxygen atoms in total. The zero-order chi connectivity index (χ0) is 17.0. The van der Waals surface area contributed by atoms with Crippen LogP contribution in [0.25, 0.3) is 0 Å². The van der Waals surface area contributed by atoms with E-state index in [1.54, 1.807) is 12.1 Å². The molecule has 2 aromatic rings. The Balaban J connectivity index is 2.11. The quantitative estimate of drug-likeness (QED) is 0.679. The van der Waals surface area contributed by atoms with E-state index in [0.29, 0.717) is 0 Å². The molecule has 0 spiro atoms. The van der Waals surface area contributed by atoms with Gasteiger partial charge in [0.25, 0.3) is 5.69 Å². The predicted molar refractivity (Wildman–Crippen MR) is 90.9 cm³/mol. The Hall–Kier alpha value is -2.89. The van der Waals surface area contributed by atoms with Crippen molar-refractivity contribution in [3.8, 4) is 0 Å². The monoisotopic (exact) mass is 313 g/mol. The highest BCUT2D eigenvalue weighted by Gasteiger charge is 2.16. The van der Waals surface area contributed by atoms with Gasteiger partial charge < -0.3 is 10.2 Å². The number of anilines is 2. The zero-order valence-corrected chi connectivity index (χ0v) is 13.4. The van der Waals surface area contributed by atoms with Crippen LogP contribution in [0.2, 0.25) is 0 Å². The minimum atomic E-state index is -0.510. The van der Waals surface area contributed by atoms with Crippen molar-refractivity contribution in [1.29, 1.82) is 0 Å². The fourth-order valence-corrected chi connectivity index (χ4v) is 2.38. The van der Waals surface area contributed by atoms with E-state index in [1.807, 2.05) is 44.0 Å². The van der Waals surface area contributed by atoms with Crippen LogP contribution in [0.3, 0.4) is 0 Å². The van der Waals surface area contributed by atoms with Crippen LogP contribution in [0.1, 0.15) is 11.1 Å². The Kier molecular flexibility index (Phi) is 4.95. The van der Waals surface area contributed by atoms with Gasteiger partial charge in [-0.25, -0.2) is 0 Å². The number of nitrogens with one attached hydrogen (secondary N) is 1. The number of hydrogen-bond acceptors (Lipinski definition) is 4. The van der Waals surface area contributed by atoms with E-state index in [2.05, 4.69) is 5.32 Å². The Morgan fingerprint density at radius 1 is 1.17 bits per heavy atom.